The Balaban J connectivity index is 1.10. The second kappa shape index (κ2) is 11.1. The lowest BCUT2D eigenvalue weighted by molar-refractivity contribution is -0.202. The number of halogens is 1. The summed E-state index contributed by atoms with van der Waals surface area (Å²) in [6.07, 6.45) is 10.4. The fourth-order valence-corrected chi connectivity index (χ4v) is 11.2. The molecule has 0 unspecified atom stereocenters. The first kappa shape index (κ1) is 30.9. The van der Waals surface area contributed by atoms with E-state index in [-0.39, 0.29) is 34.8 Å². The Morgan fingerprint density at radius 3 is 2.78 bits per heavy atom. The highest BCUT2D eigenvalue weighted by atomic mass is 19.1. The van der Waals surface area contributed by atoms with E-state index >= 15 is 0 Å². The maximum absolute atomic E-state index is 14.9. The Morgan fingerprint density at radius 1 is 1.22 bits per heavy atom. The van der Waals surface area contributed by atoms with E-state index in [1.807, 2.05) is 23.0 Å². The molecule has 1 aromatic heterocycles. The standard InChI is InChI=1S/C37H48FN3O5/c1-4-7-33-45-32-16-27-26-10-8-24-15-29-23(19-39-41(29)25-9-11-28(38)22(14-25)20-40-12-5-6-13-40)17-35(24,2)34(26)30(43)18-36(27,3)37(32,46-33)31(44)21-42/h9,11,14-15,19,26-27,30,32-34,42-43H,4-8,10,12-13,16-18,20-21H2,1-3H3/t26-,27-,30-,32+,33+,34+,35-,36-,37+/m0/s1. The lowest BCUT2D eigenvalue weighted by atomic mass is 9.45. The van der Waals surface area contributed by atoms with E-state index in [4.69, 9.17) is 14.6 Å². The normalized spacial score (nSPS) is 39.7. The number of likely N-dealkylation sites (tertiary alicyclic amines) is 1. The summed E-state index contributed by atoms with van der Waals surface area (Å²) in [5, 5.41) is 27.1. The second-order valence-electron chi connectivity index (χ2n) is 15.5. The van der Waals surface area contributed by atoms with Crippen LogP contribution < -0.4 is 0 Å². The number of rotatable bonds is 7. The fraction of sp³-hybridized carbons (Fsp3) is 0.676. The molecule has 0 spiro atoms. The van der Waals surface area contributed by atoms with Gasteiger partial charge in [0.05, 0.1) is 29.8 Å². The van der Waals surface area contributed by atoms with Gasteiger partial charge >= 0.3 is 0 Å². The maximum Gasteiger partial charge on any atom is 0.193 e. The minimum Gasteiger partial charge on any atom is -0.393 e. The number of benzene rings is 1. The summed E-state index contributed by atoms with van der Waals surface area (Å²) in [7, 11) is 0. The Labute approximate surface area is 270 Å². The van der Waals surface area contributed by atoms with E-state index in [0.29, 0.717) is 31.4 Å². The number of carbonyl (C=O) groups excluding carboxylic acids is 1. The minimum atomic E-state index is -1.22. The van der Waals surface area contributed by atoms with Crippen LogP contribution in [0.4, 0.5) is 4.39 Å². The Bertz CT molecular complexity index is 1570. The highest BCUT2D eigenvalue weighted by Gasteiger charge is 2.75. The lowest BCUT2D eigenvalue weighted by Crippen LogP contribution is -2.64. The molecule has 248 valence electrons. The number of aliphatic hydroxyl groups is 2. The van der Waals surface area contributed by atoms with Crippen LogP contribution in [0.15, 0.2) is 30.0 Å². The van der Waals surface area contributed by atoms with Gasteiger partial charge in [0.15, 0.2) is 17.7 Å². The van der Waals surface area contributed by atoms with Crippen molar-refractivity contribution in [2.75, 3.05) is 19.7 Å². The Kier molecular flexibility index (Phi) is 7.42. The molecule has 2 aromatic rings. The first-order valence-electron chi connectivity index (χ1n) is 17.6. The summed E-state index contributed by atoms with van der Waals surface area (Å²) in [5.74, 6) is -0.127. The van der Waals surface area contributed by atoms with Crippen LogP contribution in [0.1, 0.15) is 89.0 Å². The molecular formula is C37H48FN3O5. The van der Waals surface area contributed by atoms with Gasteiger partial charge in [-0.15, -0.1) is 0 Å². The van der Waals surface area contributed by atoms with Crippen molar-refractivity contribution in [3.05, 3.63) is 52.6 Å². The van der Waals surface area contributed by atoms with Gasteiger partial charge in [0.2, 0.25) is 0 Å². The quantitative estimate of drug-likeness (QED) is 0.432. The van der Waals surface area contributed by atoms with Gasteiger partial charge in [-0.1, -0.05) is 32.8 Å². The van der Waals surface area contributed by atoms with Crippen molar-refractivity contribution in [3.8, 4) is 5.69 Å². The number of aromatic nitrogens is 2. The van der Waals surface area contributed by atoms with Crippen LogP contribution in [0.25, 0.3) is 11.8 Å². The number of hydrogen-bond acceptors (Lipinski definition) is 7. The van der Waals surface area contributed by atoms with Gasteiger partial charge in [-0.05, 0) is 117 Å². The van der Waals surface area contributed by atoms with E-state index in [0.717, 1.165) is 55.7 Å². The van der Waals surface area contributed by atoms with Gasteiger partial charge in [0.1, 0.15) is 12.4 Å². The zero-order chi connectivity index (χ0) is 32.0. The van der Waals surface area contributed by atoms with Crippen LogP contribution in [0.3, 0.4) is 0 Å². The van der Waals surface area contributed by atoms with Crippen LogP contribution >= 0.6 is 0 Å². The molecule has 1 aromatic carbocycles. The zero-order valence-corrected chi connectivity index (χ0v) is 27.4. The molecule has 2 aliphatic heterocycles. The topological polar surface area (TPSA) is 97.1 Å². The molecule has 9 heteroatoms. The van der Waals surface area contributed by atoms with Crippen LogP contribution in [0.5, 0.6) is 0 Å². The molecule has 5 fully saturated rings. The maximum atomic E-state index is 14.9. The number of aliphatic hydroxyl groups excluding tert-OH is 2. The van der Waals surface area contributed by atoms with Crippen molar-refractivity contribution in [2.24, 2.45) is 28.6 Å². The van der Waals surface area contributed by atoms with Gasteiger partial charge in [-0.3, -0.25) is 9.69 Å². The lowest BCUT2D eigenvalue weighted by Gasteiger charge is -2.60. The van der Waals surface area contributed by atoms with E-state index in [1.54, 1.807) is 6.07 Å². The van der Waals surface area contributed by atoms with E-state index in [9.17, 15) is 19.4 Å². The van der Waals surface area contributed by atoms with Crippen molar-refractivity contribution < 1.29 is 28.9 Å². The predicted octanol–water partition coefficient (Wildman–Crippen LogP) is 5.21. The van der Waals surface area contributed by atoms with E-state index in [1.165, 1.54) is 18.4 Å². The second-order valence-corrected chi connectivity index (χ2v) is 15.5. The molecule has 3 heterocycles. The molecule has 8 rings (SSSR count). The highest BCUT2D eigenvalue weighted by Crippen LogP contribution is 2.70. The summed E-state index contributed by atoms with van der Waals surface area (Å²) in [5.41, 5.74) is 2.99. The number of ketones is 1. The monoisotopic (exact) mass is 633 g/mol. The molecule has 0 amide bonds. The Morgan fingerprint density at radius 2 is 2.02 bits per heavy atom. The van der Waals surface area contributed by atoms with Crippen molar-refractivity contribution >= 4 is 11.9 Å². The molecule has 8 nitrogen and oxygen atoms in total. The number of nitrogens with zero attached hydrogens (tertiary/aromatic N) is 3. The average Bonchev–Trinajstić information content (AvgIpc) is 3.81. The van der Waals surface area contributed by atoms with Crippen LogP contribution in [-0.2, 0) is 27.2 Å². The largest absolute Gasteiger partial charge is 0.393 e. The summed E-state index contributed by atoms with van der Waals surface area (Å²) in [4.78, 5) is 15.9. The van der Waals surface area contributed by atoms with Crippen molar-refractivity contribution in [3.63, 3.8) is 0 Å². The molecule has 4 aliphatic carbocycles. The first-order valence-corrected chi connectivity index (χ1v) is 17.6. The smallest absolute Gasteiger partial charge is 0.193 e. The number of allylic oxidation sites excluding steroid dienone is 1. The molecule has 3 saturated carbocycles. The SMILES string of the molecule is CCC[C@@H]1O[C@@H]2C[C@H]3[C@@H]4CCC5=Cc6c(cnn6-c6ccc(F)c(CN7CCCC7)c6)C[C@]5(C)[C@H]4[C@@H](O)C[C@]3(C)[C@]2(C(=O)CO)O1. The predicted molar refractivity (Wildman–Crippen MR) is 170 cm³/mol. The summed E-state index contributed by atoms with van der Waals surface area (Å²) >= 11 is 0. The van der Waals surface area contributed by atoms with E-state index in [2.05, 4.69) is 31.7 Å². The molecule has 0 radical (unpaired) electrons. The van der Waals surface area contributed by atoms with Crippen molar-refractivity contribution in [2.45, 2.75) is 109 Å². The van der Waals surface area contributed by atoms with Gasteiger partial charge in [0.25, 0.3) is 0 Å². The third-order valence-corrected chi connectivity index (χ3v) is 13.2. The van der Waals surface area contributed by atoms with Crippen molar-refractivity contribution in [1.29, 1.82) is 0 Å². The number of ether oxygens (including phenoxy) is 2. The summed E-state index contributed by atoms with van der Waals surface area (Å²) in [6, 6.07) is 5.34. The third-order valence-electron chi connectivity index (χ3n) is 13.2. The van der Waals surface area contributed by atoms with Gasteiger partial charge < -0.3 is 19.7 Å². The minimum absolute atomic E-state index is 0.0199. The number of carbonyl (C=O) groups is 1. The van der Waals surface area contributed by atoms with Crippen LogP contribution in [-0.4, -0.2) is 74.5 Å². The summed E-state index contributed by atoms with van der Waals surface area (Å²) in [6.45, 7) is 8.54. The number of fused-ring (bicyclic) bond motifs is 8. The van der Waals surface area contributed by atoms with Crippen LogP contribution in [0, 0.1) is 34.4 Å². The molecule has 2 saturated heterocycles. The summed E-state index contributed by atoms with van der Waals surface area (Å²) < 4.78 is 29.8. The van der Waals surface area contributed by atoms with Gasteiger partial charge in [-0.25, -0.2) is 9.07 Å². The van der Waals surface area contributed by atoms with Gasteiger partial charge in [0, 0.05) is 17.5 Å². The molecule has 2 N–H and O–H groups in total. The third kappa shape index (κ3) is 4.27. The molecule has 6 aliphatic rings. The van der Waals surface area contributed by atoms with E-state index < -0.39 is 36.1 Å². The number of hydrogen-bond donors (Lipinski definition) is 2. The number of Topliss-reactive ketones (excluding diaryl/α,β-unsaturated/α-hetero) is 1. The molecular weight excluding hydrogens is 585 g/mol. The van der Waals surface area contributed by atoms with Crippen LogP contribution in [0.2, 0.25) is 0 Å². The molecule has 46 heavy (non-hydrogen) atoms. The highest BCUT2D eigenvalue weighted by molar-refractivity contribution is 5.91. The van der Waals surface area contributed by atoms with Gasteiger partial charge in [-0.2, -0.15) is 5.10 Å². The zero-order valence-electron chi connectivity index (χ0n) is 27.4. The molecule has 9 atom stereocenters. The first-order chi connectivity index (χ1) is 22.1. The Hall–Kier alpha value is -2.43. The molecule has 0 bridgehead atoms. The van der Waals surface area contributed by atoms with Crippen molar-refractivity contribution in [1.82, 2.24) is 14.7 Å². The average molecular weight is 634 g/mol. The fourth-order valence-electron chi connectivity index (χ4n) is 11.2.